The molecule has 0 bridgehead atoms. The summed E-state index contributed by atoms with van der Waals surface area (Å²) in [6.07, 6.45) is 0. The molecular weight excluding hydrogens is 388 g/mol. The Bertz CT molecular complexity index is 3.25. The quantitative estimate of drug-likeness (QED) is 0.286. The van der Waals surface area contributed by atoms with Crippen molar-refractivity contribution >= 4 is 0 Å². The second kappa shape index (κ2) is 17.1. The standard InChI is InChI=1S/2HI.I.Li/h2*1H;;/q;;2*+1/p-2. The van der Waals surface area contributed by atoms with Gasteiger partial charge in [0.15, 0.2) is 0 Å². The summed E-state index contributed by atoms with van der Waals surface area (Å²) in [5.41, 5.74) is 0. The molecule has 0 saturated heterocycles. The van der Waals surface area contributed by atoms with E-state index >= 15 is 0 Å². The van der Waals surface area contributed by atoms with Crippen LogP contribution in [0.4, 0.5) is 0 Å². The summed E-state index contributed by atoms with van der Waals surface area (Å²) in [5, 5.41) is 0. The molecule has 4 heavy (non-hydrogen) atoms. The fourth-order valence-electron chi connectivity index (χ4n) is 0. The first-order valence-electron chi connectivity index (χ1n) is 0. The zero-order valence-corrected chi connectivity index (χ0v) is 8.61. The van der Waals surface area contributed by atoms with E-state index in [2.05, 4.69) is 0 Å². The normalized spacial score (nSPS) is 0. The Balaban J connectivity index is 0. The molecule has 0 fully saturated rings. The van der Waals surface area contributed by atoms with Crippen LogP contribution in [0.1, 0.15) is 0 Å². The number of hydrogen-bond donors (Lipinski definition) is 0. The molecule has 0 N–H and O–H groups in total. The van der Waals surface area contributed by atoms with Gasteiger partial charge in [0.25, 0.3) is 0 Å². The number of halogens is 3. The second-order valence-electron chi connectivity index (χ2n) is 0. The van der Waals surface area contributed by atoms with Crippen LogP contribution >= 0.6 is 0 Å². The Labute approximate surface area is 89.1 Å². The molecule has 2 radical (unpaired) electrons. The van der Waals surface area contributed by atoms with Gasteiger partial charge in [-0.1, -0.05) is 0 Å². The van der Waals surface area contributed by atoms with Gasteiger partial charge in [-0.15, -0.1) is 0 Å². The third-order valence-electron chi connectivity index (χ3n) is 0. The van der Waals surface area contributed by atoms with Gasteiger partial charge in [-0.3, -0.25) is 0 Å². The topological polar surface area (TPSA) is 0 Å². The van der Waals surface area contributed by atoms with E-state index < -0.39 is 0 Å². The summed E-state index contributed by atoms with van der Waals surface area (Å²) < 4.78 is 0. The molecule has 0 saturated carbocycles. The van der Waals surface area contributed by atoms with Gasteiger partial charge >= 0.3 is 42.8 Å². The van der Waals surface area contributed by atoms with Crippen LogP contribution in [0.15, 0.2) is 0 Å². The van der Waals surface area contributed by atoms with E-state index in [1.165, 1.54) is 0 Å². The van der Waals surface area contributed by atoms with Crippen molar-refractivity contribution in [1.29, 1.82) is 0 Å². The van der Waals surface area contributed by atoms with Crippen LogP contribution < -0.4 is 90.8 Å². The maximum Gasteiger partial charge on any atom is 1.00 e. The van der Waals surface area contributed by atoms with E-state index in [1.54, 1.807) is 0 Å². The minimum absolute atomic E-state index is 0. The Morgan fingerprint density at radius 2 is 0.750 bits per heavy atom. The van der Waals surface area contributed by atoms with Crippen molar-refractivity contribution < 1.29 is 90.8 Å². The molecule has 0 rings (SSSR count). The zero-order chi connectivity index (χ0) is 0. The summed E-state index contributed by atoms with van der Waals surface area (Å²) in [6, 6.07) is 0. The first kappa shape index (κ1) is 29.3. The summed E-state index contributed by atoms with van der Waals surface area (Å²) in [6.45, 7) is 0. The first-order chi connectivity index (χ1) is 0. The Morgan fingerprint density at radius 3 is 0.750 bits per heavy atom. The molecule has 0 aliphatic heterocycles. The van der Waals surface area contributed by atoms with Crippen molar-refractivity contribution in [2.24, 2.45) is 0 Å². The van der Waals surface area contributed by atoms with Crippen LogP contribution in [-0.4, -0.2) is 0 Å². The molecular formula is I3Li. The van der Waals surface area contributed by atoms with E-state index in [0.717, 1.165) is 0 Å². The van der Waals surface area contributed by atoms with Crippen LogP contribution in [0.25, 0.3) is 0 Å². The molecule has 0 heterocycles. The molecule has 0 aromatic heterocycles. The van der Waals surface area contributed by atoms with Crippen LogP contribution in [0.3, 0.4) is 0 Å². The van der Waals surface area contributed by atoms with Gasteiger partial charge in [-0.25, -0.2) is 0 Å². The van der Waals surface area contributed by atoms with Crippen molar-refractivity contribution in [3.63, 3.8) is 0 Å². The fourth-order valence-corrected chi connectivity index (χ4v) is 0. The van der Waals surface area contributed by atoms with Crippen molar-refractivity contribution in [1.82, 2.24) is 0 Å². The first-order valence-corrected chi connectivity index (χ1v) is 0. The molecule has 22 valence electrons. The van der Waals surface area contributed by atoms with Gasteiger partial charge in [0.05, 0.1) is 0 Å². The van der Waals surface area contributed by atoms with Crippen molar-refractivity contribution in [2.45, 2.75) is 0 Å². The van der Waals surface area contributed by atoms with Crippen LogP contribution in [0.2, 0.25) is 0 Å². The van der Waals surface area contributed by atoms with Crippen LogP contribution in [0.5, 0.6) is 0 Å². The Kier molecular flexibility index (Phi) is 125. The van der Waals surface area contributed by atoms with Crippen molar-refractivity contribution in [3.05, 3.63) is 0 Å². The van der Waals surface area contributed by atoms with E-state index in [9.17, 15) is 0 Å². The van der Waals surface area contributed by atoms with Gasteiger partial charge in [0, 0.05) is 0 Å². The van der Waals surface area contributed by atoms with E-state index in [-0.39, 0.29) is 90.8 Å². The third-order valence-corrected chi connectivity index (χ3v) is 0. The molecule has 0 spiro atoms. The number of rotatable bonds is 0. The summed E-state index contributed by atoms with van der Waals surface area (Å²) in [5.74, 6) is 0. The second-order valence-corrected chi connectivity index (χ2v) is 0. The predicted molar refractivity (Wildman–Crippen MR) is 0 cm³/mol. The predicted octanol–water partition coefficient (Wildman–Crippen LogP) is -12.0. The van der Waals surface area contributed by atoms with Crippen molar-refractivity contribution in [3.8, 4) is 0 Å². The molecule has 0 aromatic rings. The minimum Gasteiger partial charge on any atom is -1.00 e. The molecule has 0 amide bonds. The maximum atomic E-state index is 0. The monoisotopic (exact) mass is 388 g/mol. The van der Waals surface area contributed by atoms with Gasteiger partial charge in [0.1, 0.15) is 0 Å². The van der Waals surface area contributed by atoms with E-state index in [4.69, 9.17) is 0 Å². The Hall–Kier alpha value is 2.79. The molecule has 0 unspecified atom stereocenters. The summed E-state index contributed by atoms with van der Waals surface area (Å²) in [4.78, 5) is 0. The maximum absolute atomic E-state index is 0. The Morgan fingerprint density at radius 1 is 0.750 bits per heavy atom. The average molecular weight is 388 g/mol. The SMILES string of the molecule is [I+].[I-].[I-].[Li+]. The van der Waals surface area contributed by atoms with Crippen LogP contribution in [-0.2, 0) is 0 Å². The van der Waals surface area contributed by atoms with Crippen LogP contribution in [0, 0.1) is 0 Å². The molecule has 0 atom stereocenters. The van der Waals surface area contributed by atoms with Gasteiger partial charge in [-0.2, -0.15) is 0 Å². The third kappa shape index (κ3) is 8.84. The minimum atomic E-state index is 0. The van der Waals surface area contributed by atoms with E-state index in [1.807, 2.05) is 0 Å². The number of hydrogen-bond acceptors (Lipinski definition) is 0. The summed E-state index contributed by atoms with van der Waals surface area (Å²) >= 11 is 0. The van der Waals surface area contributed by atoms with E-state index in [0.29, 0.717) is 0 Å². The average Bonchev–Trinajstić information content (AvgIpc) is 0. The van der Waals surface area contributed by atoms with Crippen molar-refractivity contribution in [2.75, 3.05) is 0 Å². The molecule has 0 nitrogen and oxygen atoms in total. The molecule has 0 aliphatic rings. The summed E-state index contributed by atoms with van der Waals surface area (Å²) in [7, 11) is 0. The molecule has 0 aromatic carbocycles. The van der Waals surface area contributed by atoms with Gasteiger partial charge in [-0.05, 0) is 0 Å². The van der Waals surface area contributed by atoms with Gasteiger partial charge < -0.3 is 48.0 Å². The molecule has 0 aliphatic carbocycles. The fraction of sp³-hybridized carbons (Fsp3) is 0. The largest absolute Gasteiger partial charge is 1.00 e. The molecule has 4 heteroatoms. The van der Waals surface area contributed by atoms with Gasteiger partial charge in [0.2, 0.25) is 0 Å². The zero-order valence-electron chi connectivity index (χ0n) is 2.13. The smallest absolute Gasteiger partial charge is 1.00 e.